The van der Waals surface area contributed by atoms with Crippen molar-refractivity contribution < 1.29 is 9.59 Å². The maximum absolute atomic E-state index is 12.9. The van der Waals surface area contributed by atoms with E-state index < -0.39 is 0 Å². The molecule has 1 aromatic heterocycles. The van der Waals surface area contributed by atoms with Crippen LogP contribution in [-0.2, 0) is 9.59 Å². The van der Waals surface area contributed by atoms with Crippen LogP contribution in [0.25, 0.3) is 0 Å². The molecule has 2 amide bonds. The number of benzene rings is 2. The molecular formula is C26H29N5O2. The van der Waals surface area contributed by atoms with E-state index in [1.807, 2.05) is 87.2 Å². The number of carbonyl (C=O) groups is 2. The van der Waals surface area contributed by atoms with E-state index in [9.17, 15) is 9.59 Å². The lowest BCUT2D eigenvalue weighted by Crippen LogP contribution is -2.28. The monoisotopic (exact) mass is 443 g/mol. The lowest BCUT2D eigenvalue weighted by atomic mass is 10.1. The van der Waals surface area contributed by atoms with Crippen molar-refractivity contribution >= 4 is 34.8 Å². The summed E-state index contributed by atoms with van der Waals surface area (Å²) in [5.41, 5.74) is 5.41. The summed E-state index contributed by atoms with van der Waals surface area (Å²) in [6.45, 7) is 9.06. The van der Waals surface area contributed by atoms with Crippen LogP contribution in [0.1, 0.15) is 30.3 Å². The topological polar surface area (TPSA) is 78.4 Å². The number of nitrogens with one attached hydrogen (secondary N) is 1. The van der Waals surface area contributed by atoms with Gasteiger partial charge < -0.3 is 15.1 Å². The van der Waals surface area contributed by atoms with Crippen LogP contribution in [0.5, 0.6) is 0 Å². The molecule has 2 heterocycles. The number of rotatable bonds is 6. The van der Waals surface area contributed by atoms with Gasteiger partial charge in [-0.3, -0.25) is 9.59 Å². The number of carbonyl (C=O) groups excluding carboxylic acids is 2. The molecule has 0 bridgehead atoms. The Balaban J connectivity index is 1.43. The normalized spacial score (nSPS) is 15.6. The van der Waals surface area contributed by atoms with E-state index in [4.69, 9.17) is 0 Å². The molecule has 1 aliphatic rings. The van der Waals surface area contributed by atoms with E-state index in [1.165, 1.54) is 0 Å². The van der Waals surface area contributed by atoms with Gasteiger partial charge in [0.25, 0.3) is 0 Å². The van der Waals surface area contributed by atoms with Crippen LogP contribution >= 0.6 is 0 Å². The Labute approximate surface area is 194 Å². The SMILES string of the molecule is CCN(c1ccc(NC(=O)C2CC(=O)N(c3cccc(C)c3)C2)cc1)c1nc(C)cc(C)n1. The summed E-state index contributed by atoms with van der Waals surface area (Å²) < 4.78 is 0. The molecule has 4 rings (SSSR count). The highest BCUT2D eigenvalue weighted by molar-refractivity contribution is 6.03. The van der Waals surface area contributed by atoms with Gasteiger partial charge in [0.1, 0.15) is 0 Å². The van der Waals surface area contributed by atoms with E-state index in [-0.39, 0.29) is 24.2 Å². The number of aromatic nitrogens is 2. The Morgan fingerprint density at radius 2 is 1.76 bits per heavy atom. The second-order valence-electron chi connectivity index (χ2n) is 8.48. The summed E-state index contributed by atoms with van der Waals surface area (Å²) >= 11 is 0. The van der Waals surface area contributed by atoms with Crippen LogP contribution < -0.4 is 15.1 Å². The molecule has 1 unspecified atom stereocenters. The highest BCUT2D eigenvalue weighted by atomic mass is 16.2. The van der Waals surface area contributed by atoms with Crippen molar-refractivity contribution in [2.24, 2.45) is 5.92 Å². The Bertz CT molecular complexity index is 1160. The number of amides is 2. The molecule has 0 saturated carbocycles. The maximum atomic E-state index is 12.9. The van der Waals surface area contributed by atoms with Gasteiger partial charge in [-0.25, -0.2) is 9.97 Å². The largest absolute Gasteiger partial charge is 0.326 e. The Morgan fingerprint density at radius 3 is 2.39 bits per heavy atom. The third-order valence-electron chi connectivity index (χ3n) is 5.78. The molecule has 0 radical (unpaired) electrons. The first kappa shape index (κ1) is 22.5. The Kier molecular flexibility index (Phi) is 6.40. The standard InChI is InChI=1S/C26H29N5O2/c1-5-30(26-27-18(3)14-19(4)28-26)22-11-9-21(10-12-22)29-25(33)20-15-24(32)31(16-20)23-8-6-7-17(2)13-23/h6-14,20H,5,15-16H2,1-4H3,(H,29,33). The van der Waals surface area contributed by atoms with Gasteiger partial charge in [0.2, 0.25) is 17.8 Å². The second kappa shape index (κ2) is 9.40. The van der Waals surface area contributed by atoms with Gasteiger partial charge >= 0.3 is 0 Å². The number of aryl methyl sites for hydroxylation is 3. The molecule has 0 aliphatic carbocycles. The van der Waals surface area contributed by atoms with E-state index in [1.54, 1.807) is 4.90 Å². The fraction of sp³-hybridized carbons (Fsp3) is 0.308. The molecule has 7 heteroatoms. The lowest BCUT2D eigenvalue weighted by molar-refractivity contribution is -0.122. The van der Waals surface area contributed by atoms with E-state index >= 15 is 0 Å². The zero-order chi connectivity index (χ0) is 23.5. The maximum Gasteiger partial charge on any atom is 0.230 e. The molecule has 0 spiro atoms. The van der Waals surface area contributed by atoms with Gasteiger partial charge in [0.05, 0.1) is 5.92 Å². The van der Waals surface area contributed by atoms with E-state index in [2.05, 4.69) is 15.3 Å². The fourth-order valence-electron chi connectivity index (χ4n) is 4.17. The zero-order valence-electron chi connectivity index (χ0n) is 19.5. The molecule has 3 aromatic rings. The van der Waals surface area contributed by atoms with Crippen LogP contribution in [0.4, 0.5) is 23.0 Å². The summed E-state index contributed by atoms with van der Waals surface area (Å²) in [6, 6.07) is 17.4. The van der Waals surface area contributed by atoms with Crippen LogP contribution in [0.2, 0.25) is 0 Å². The fourth-order valence-corrected chi connectivity index (χ4v) is 4.17. The van der Waals surface area contributed by atoms with Gasteiger partial charge in [-0.05, 0) is 75.7 Å². The summed E-state index contributed by atoms with van der Waals surface area (Å²) in [5, 5.41) is 2.96. The second-order valence-corrected chi connectivity index (χ2v) is 8.48. The third kappa shape index (κ3) is 5.03. The number of hydrogen-bond acceptors (Lipinski definition) is 5. The van der Waals surface area contributed by atoms with Crippen molar-refractivity contribution in [3.05, 3.63) is 71.5 Å². The average molecular weight is 444 g/mol. The number of anilines is 4. The summed E-state index contributed by atoms with van der Waals surface area (Å²) in [4.78, 5) is 38.2. The zero-order valence-corrected chi connectivity index (χ0v) is 19.5. The smallest absolute Gasteiger partial charge is 0.230 e. The molecule has 1 aliphatic heterocycles. The first-order valence-corrected chi connectivity index (χ1v) is 11.2. The molecule has 2 aromatic carbocycles. The van der Waals surface area contributed by atoms with Crippen molar-refractivity contribution in [2.45, 2.75) is 34.1 Å². The highest BCUT2D eigenvalue weighted by Crippen LogP contribution is 2.28. The quantitative estimate of drug-likeness (QED) is 0.605. The predicted octanol–water partition coefficient (Wildman–Crippen LogP) is 4.55. The van der Waals surface area contributed by atoms with Crippen molar-refractivity contribution in [2.75, 3.05) is 28.2 Å². The summed E-state index contributed by atoms with van der Waals surface area (Å²) in [7, 11) is 0. The van der Waals surface area contributed by atoms with Crippen molar-refractivity contribution in [3.63, 3.8) is 0 Å². The Hall–Kier alpha value is -3.74. The summed E-state index contributed by atoms with van der Waals surface area (Å²) in [6.07, 6.45) is 0.214. The van der Waals surface area contributed by atoms with Crippen LogP contribution in [0, 0.1) is 26.7 Å². The molecular weight excluding hydrogens is 414 g/mol. The third-order valence-corrected chi connectivity index (χ3v) is 5.78. The Morgan fingerprint density at radius 1 is 1.06 bits per heavy atom. The first-order valence-electron chi connectivity index (χ1n) is 11.2. The van der Waals surface area contributed by atoms with Gasteiger partial charge in [0.15, 0.2) is 0 Å². The molecule has 1 fully saturated rings. The number of hydrogen-bond donors (Lipinski definition) is 1. The number of nitrogens with zero attached hydrogens (tertiary/aromatic N) is 4. The average Bonchev–Trinajstić information content (AvgIpc) is 3.17. The van der Waals surface area contributed by atoms with Crippen LogP contribution in [0.15, 0.2) is 54.6 Å². The highest BCUT2D eigenvalue weighted by Gasteiger charge is 2.35. The lowest BCUT2D eigenvalue weighted by Gasteiger charge is -2.22. The van der Waals surface area contributed by atoms with Gasteiger partial charge in [-0.1, -0.05) is 12.1 Å². The molecule has 1 saturated heterocycles. The van der Waals surface area contributed by atoms with Gasteiger partial charge in [-0.15, -0.1) is 0 Å². The van der Waals surface area contributed by atoms with Gasteiger partial charge in [-0.2, -0.15) is 0 Å². The predicted molar refractivity (Wildman–Crippen MR) is 131 cm³/mol. The minimum atomic E-state index is -0.381. The molecule has 170 valence electrons. The minimum absolute atomic E-state index is 0.0249. The molecule has 33 heavy (non-hydrogen) atoms. The van der Waals surface area contributed by atoms with Crippen molar-refractivity contribution in [1.29, 1.82) is 0 Å². The molecule has 1 atom stereocenters. The first-order chi connectivity index (χ1) is 15.8. The van der Waals surface area contributed by atoms with E-state index in [0.717, 1.165) is 28.3 Å². The van der Waals surface area contributed by atoms with Crippen molar-refractivity contribution in [3.8, 4) is 0 Å². The van der Waals surface area contributed by atoms with Crippen LogP contribution in [0.3, 0.4) is 0 Å². The van der Waals surface area contributed by atoms with Crippen LogP contribution in [-0.4, -0.2) is 34.9 Å². The minimum Gasteiger partial charge on any atom is -0.326 e. The van der Waals surface area contributed by atoms with Gasteiger partial charge in [0, 0.05) is 48.0 Å². The van der Waals surface area contributed by atoms with Crippen molar-refractivity contribution in [1.82, 2.24) is 9.97 Å². The molecule has 7 nitrogen and oxygen atoms in total. The van der Waals surface area contributed by atoms with E-state index in [0.29, 0.717) is 24.7 Å². The molecule has 1 N–H and O–H groups in total. The summed E-state index contributed by atoms with van der Waals surface area (Å²) in [5.74, 6) is 0.111.